The summed E-state index contributed by atoms with van der Waals surface area (Å²) < 4.78 is 16.2. The highest BCUT2D eigenvalue weighted by molar-refractivity contribution is 5.75. The van der Waals surface area contributed by atoms with Gasteiger partial charge in [-0.25, -0.2) is 14.1 Å². The summed E-state index contributed by atoms with van der Waals surface area (Å²) in [7, 11) is 0. The number of rotatable bonds is 3. The third-order valence-electron chi connectivity index (χ3n) is 4.62. The average molecular weight is 348 g/mol. The van der Waals surface area contributed by atoms with Gasteiger partial charge in [-0.15, -0.1) is 0 Å². The number of halogens is 1. The van der Waals surface area contributed by atoms with E-state index in [2.05, 4.69) is 10.1 Å². The molecule has 0 amide bonds. The molecule has 0 fully saturated rings. The van der Waals surface area contributed by atoms with Crippen LogP contribution in [-0.2, 0) is 6.54 Å². The normalized spacial score (nSPS) is 11.2. The molecule has 0 saturated heterocycles. The Morgan fingerprint density at radius 2 is 1.85 bits per heavy atom. The molecule has 0 atom stereocenters. The van der Waals surface area contributed by atoms with Crippen LogP contribution in [-0.4, -0.2) is 19.3 Å². The Labute approximate surface area is 149 Å². The van der Waals surface area contributed by atoms with Crippen molar-refractivity contribution in [3.63, 3.8) is 0 Å². The van der Waals surface area contributed by atoms with E-state index in [-0.39, 0.29) is 11.4 Å². The van der Waals surface area contributed by atoms with Crippen LogP contribution in [0.25, 0.3) is 16.7 Å². The van der Waals surface area contributed by atoms with Crippen molar-refractivity contribution in [2.24, 2.45) is 0 Å². The maximum atomic E-state index is 13.0. The molecular formula is C20H17FN4O. The number of fused-ring (bicyclic) bond motifs is 1. The van der Waals surface area contributed by atoms with Gasteiger partial charge in [0.25, 0.3) is 5.56 Å². The summed E-state index contributed by atoms with van der Waals surface area (Å²) in [5.41, 5.74) is 4.33. The van der Waals surface area contributed by atoms with Crippen molar-refractivity contribution in [2.75, 3.05) is 0 Å². The van der Waals surface area contributed by atoms with Gasteiger partial charge in [0.1, 0.15) is 17.5 Å². The second-order valence-corrected chi connectivity index (χ2v) is 6.32. The van der Waals surface area contributed by atoms with Gasteiger partial charge in [0.2, 0.25) is 0 Å². The van der Waals surface area contributed by atoms with Crippen molar-refractivity contribution >= 4 is 11.0 Å². The van der Waals surface area contributed by atoms with E-state index in [0.717, 1.165) is 22.4 Å². The van der Waals surface area contributed by atoms with Gasteiger partial charge in [-0.2, -0.15) is 5.10 Å². The highest BCUT2D eigenvalue weighted by Gasteiger charge is 2.13. The highest BCUT2D eigenvalue weighted by atomic mass is 19.1. The van der Waals surface area contributed by atoms with Crippen LogP contribution in [0.2, 0.25) is 0 Å². The second-order valence-electron chi connectivity index (χ2n) is 6.32. The molecule has 0 saturated carbocycles. The third kappa shape index (κ3) is 2.69. The maximum absolute atomic E-state index is 13.0. The molecule has 0 N–H and O–H groups in total. The fourth-order valence-corrected chi connectivity index (χ4v) is 2.99. The lowest BCUT2D eigenvalue weighted by molar-refractivity contribution is 0.626. The van der Waals surface area contributed by atoms with Gasteiger partial charge in [-0.3, -0.25) is 9.36 Å². The van der Waals surface area contributed by atoms with Gasteiger partial charge in [-0.1, -0.05) is 24.3 Å². The van der Waals surface area contributed by atoms with Crippen LogP contribution in [0.15, 0.2) is 59.8 Å². The Morgan fingerprint density at radius 3 is 2.62 bits per heavy atom. The second kappa shape index (κ2) is 6.22. The lowest BCUT2D eigenvalue weighted by Crippen LogP contribution is -2.21. The fourth-order valence-electron chi connectivity index (χ4n) is 2.99. The van der Waals surface area contributed by atoms with E-state index in [4.69, 9.17) is 0 Å². The van der Waals surface area contributed by atoms with Crippen LogP contribution < -0.4 is 5.56 Å². The third-order valence-corrected chi connectivity index (χ3v) is 4.62. The van der Waals surface area contributed by atoms with Crippen LogP contribution in [0, 0.1) is 19.7 Å². The Kier molecular flexibility index (Phi) is 3.88. The molecular weight excluding hydrogens is 331 g/mol. The molecule has 2 aromatic heterocycles. The van der Waals surface area contributed by atoms with Crippen molar-refractivity contribution < 1.29 is 4.39 Å². The SMILES string of the molecule is Cc1cccc(-n2ncc3c(=O)n(Cc4ccc(F)cc4)cnc32)c1C. The summed E-state index contributed by atoms with van der Waals surface area (Å²) in [5.74, 6) is -0.301. The topological polar surface area (TPSA) is 52.7 Å². The Bertz CT molecular complexity index is 1160. The van der Waals surface area contributed by atoms with Gasteiger partial charge in [0.05, 0.1) is 18.4 Å². The summed E-state index contributed by atoms with van der Waals surface area (Å²) in [6.45, 7) is 4.39. The smallest absolute Gasteiger partial charge is 0.264 e. The van der Waals surface area contributed by atoms with Crippen molar-refractivity contribution in [1.29, 1.82) is 0 Å². The van der Waals surface area contributed by atoms with Gasteiger partial charge >= 0.3 is 0 Å². The number of aryl methyl sites for hydroxylation is 1. The summed E-state index contributed by atoms with van der Waals surface area (Å²) in [5, 5.41) is 4.83. The van der Waals surface area contributed by atoms with Crippen LogP contribution in [0.4, 0.5) is 4.39 Å². The summed E-state index contributed by atoms with van der Waals surface area (Å²) in [6, 6.07) is 12.0. The van der Waals surface area contributed by atoms with Crippen LogP contribution >= 0.6 is 0 Å². The number of benzene rings is 2. The molecule has 4 aromatic rings. The van der Waals surface area contributed by atoms with Crippen molar-refractivity contribution in [3.8, 4) is 5.69 Å². The summed E-state index contributed by atoms with van der Waals surface area (Å²) in [6.07, 6.45) is 3.06. The van der Waals surface area contributed by atoms with Crippen LogP contribution in [0.3, 0.4) is 0 Å². The van der Waals surface area contributed by atoms with E-state index in [0.29, 0.717) is 17.6 Å². The van der Waals surface area contributed by atoms with Gasteiger partial charge in [0.15, 0.2) is 5.65 Å². The number of aromatic nitrogens is 4. The molecule has 0 aliphatic heterocycles. The van der Waals surface area contributed by atoms with E-state index >= 15 is 0 Å². The van der Waals surface area contributed by atoms with E-state index in [9.17, 15) is 9.18 Å². The molecule has 2 heterocycles. The molecule has 5 nitrogen and oxygen atoms in total. The predicted octanol–water partition coefficient (Wildman–Crippen LogP) is 3.39. The first-order valence-corrected chi connectivity index (χ1v) is 8.29. The lowest BCUT2D eigenvalue weighted by atomic mass is 10.1. The number of hydrogen-bond acceptors (Lipinski definition) is 3. The first kappa shape index (κ1) is 16.2. The average Bonchev–Trinajstić information content (AvgIpc) is 3.06. The number of hydrogen-bond donors (Lipinski definition) is 0. The van der Waals surface area contributed by atoms with E-state index in [1.54, 1.807) is 23.0 Å². The Hall–Kier alpha value is -3.28. The van der Waals surface area contributed by atoms with Crippen LogP contribution in [0.1, 0.15) is 16.7 Å². The van der Waals surface area contributed by atoms with Gasteiger partial charge < -0.3 is 0 Å². The zero-order valence-electron chi connectivity index (χ0n) is 14.5. The first-order chi connectivity index (χ1) is 12.5. The molecule has 0 aliphatic carbocycles. The maximum Gasteiger partial charge on any atom is 0.264 e. The minimum Gasteiger partial charge on any atom is -0.294 e. The molecule has 26 heavy (non-hydrogen) atoms. The number of nitrogens with zero attached hydrogens (tertiary/aromatic N) is 4. The fraction of sp³-hybridized carbons (Fsp3) is 0.150. The first-order valence-electron chi connectivity index (χ1n) is 8.29. The molecule has 2 aromatic carbocycles. The van der Waals surface area contributed by atoms with Gasteiger partial charge in [-0.05, 0) is 48.7 Å². The minimum absolute atomic E-state index is 0.170. The minimum atomic E-state index is -0.301. The molecule has 0 bridgehead atoms. The van der Waals surface area contributed by atoms with Crippen LogP contribution in [0.5, 0.6) is 0 Å². The monoisotopic (exact) mass is 348 g/mol. The van der Waals surface area contributed by atoms with Gasteiger partial charge in [0, 0.05) is 0 Å². The molecule has 4 rings (SSSR count). The standard InChI is InChI=1S/C20H17FN4O/c1-13-4-3-5-18(14(13)2)25-19-17(10-23-25)20(26)24(12-22-19)11-15-6-8-16(21)9-7-15/h3-10,12H,11H2,1-2H3. The zero-order chi connectivity index (χ0) is 18.3. The van der Waals surface area contributed by atoms with Crippen molar-refractivity contribution in [1.82, 2.24) is 19.3 Å². The van der Waals surface area contributed by atoms with Crippen molar-refractivity contribution in [3.05, 3.63) is 87.9 Å². The Balaban J connectivity index is 1.79. The summed E-state index contributed by atoms with van der Waals surface area (Å²) >= 11 is 0. The van der Waals surface area contributed by atoms with E-state index < -0.39 is 0 Å². The van der Waals surface area contributed by atoms with Crippen molar-refractivity contribution in [2.45, 2.75) is 20.4 Å². The highest BCUT2D eigenvalue weighted by Crippen LogP contribution is 2.20. The van der Waals surface area contributed by atoms with E-state index in [1.807, 2.05) is 32.0 Å². The Morgan fingerprint density at radius 1 is 1.08 bits per heavy atom. The molecule has 0 radical (unpaired) electrons. The van der Waals surface area contributed by atoms with E-state index in [1.165, 1.54) is 23.0 Å². The molecule has 130 valence electrons. The molecule has 0 unspecified atom stereocenters. The zero-order valence-corrected chi connectivity index (χ0v) is 14.5. The summed E-state index contributed by atoms with van der Waals surface area (Å²) in [4.78, 5) is 17.2. The molecule has 6 heteroatoms. The molecule has 0 spiro atoms. The molecule has 0 aliphatic rings. The predicted molar refractivity (Wildman–Crippen MR) is 98.1 cm³/mol. The quantitative estimate of drug-likeness (QED) is 0.570. The lowest BCUT2D eigenvalue weighted by Gasteiger charge is -2.10. The largest absolute Gasteiger partial charge is 0.294 e.